The Bertz CT molecular complexity index is 855. The van der Waals surface area contributed by atoms with Crippen LogP contribution in [0.15, 0.2) is 41.6 Å². The molecule has 140 valence electrons. The third-order valence-corrected chi connectivity index (χ3v) is 5.99. The van der Waals surface area contributed by atoms with E-state index in [1.807, 2.05) is 13.1 Å². The number of aryl methyl sites for hydroxylation is 2. The number of benzene rings is 1. The summed E-state index contributed by atoms with van der Waals surface area (Å²) in [6, 6.07) is 6.22. The van der Waals surface area contributed by atoms with E-state index in [0.717, 1.165) is 5.56 Å². The fourth-order valence-electron chi connectivity index (χ4n) is 2.68. The van der Waals surface area contributed by atoms with Crippen molar-refractivity contribution in [2.24, 2.45) is 0 Å². The van der Waals surface area contributed by atoms with Gasteiger partial charge in [-0.15, -0.1) is 0 Å². The molecular weight excluding hydrogens is 356 g/mol. The summed E-state index contributed by atoms with van der Waals surface area (Å²) in [7, 11) is -3.52. The highest BCUT2D eigenvalue weighted by atomic mass is 32.2. The lowest BCUT2D eigenvalue weighted by Crippen LogP contribution is -2.40. The van der Waals surface area contributed by atoms with Gasteiger partial charge in [0.15, 0.2) is 0 Å². The number of carbonyl (C=O) groups excluding carboxylic acids is 1. The van der Waals surface area contributed by atoms with Crippen LogP contribution in [-0.4, -0.2) is 54.7 Å². The molecule has 0 bridgehead atoms. The summed E-state index contributed by atoms with van der Waals surface area (Å²) in [5.74, 6) is -0.151. The van der Waals surface area contributed by atoms with Crippen LogP contribution in [0.2, 0.25) is 0 Å². The van der Waals surface area contributed by atoms with Gasteiger partial charge in [-0.2, -0.15) is 9.40 Å². The third-order valence-electron chi connectivity index (χ3n) is 4.08. The van der Waals surface area contributed by atoms with Gasteiger partial charge in [-0.25, -0.2) is 8.42 Å². The van der Waals surface area contributed by atoms with E-state index < -0.39 is 10.0 Å². The Hall–Kier alpha value is -2.23. The molecule has 1 aromatic carbocycles. The number of carbonyl (C=O) groups is 1. The minimum Gasteiger partial charge on any atom is -0.379 e. The van der Waals surface area contributed by atoms with Crippen LogP contribution in [0.3, 0.4) is 0 Å². The summed E-state index contributed by atoms with van der Waals surface area (Å²) in [5, 5.41) is 6.90. The molecular formula is C17H22N4O4S. The van der Waals surface area contributed by atoms with E-state index in [1.54, 1.807) is 23.0 Å². The van der Waals surface area contributed by atoms with Crippen molar-refractivity contribution < 1.29 is 17.9 Å². The van der Waals surface area contributed by atoms with E-state index in [4.69, 9.17) is 4.74 Å². The number of nitrogens with zero attached hydrogens (tertiary/aromatic N) is 3. The van der Waals surface area contributed by atoms with Gasteiger partial charge in [-0.1, -0.05) is 0 Å². The Morgan fingerprint density at radius 1 is 1.23 bits per heavy atom. The number of hydrogen-bond donors (Lipinski definition) is 1. The zero-order valence-corrected chi connectivity index (χ0v) is 15.4. The topological polar surface area (TPSA) is 93.5 Å². The molecule has 9 heteroatoms. The number of rotatable bonds is 6. The second-order valence-electron chi connectivity index (χ2n) is 6.12. The smallest absolute Gasteiger partial charge is 0.243 e. The van der Waals surface area contributed by atoms with Gasteiger partial charge in [0.1, 0.15) is 0 Å². The van der Waals surface area contributed by atoms with Crippen molar-refractivity contribution in [3.63, 3.8) is 0 Å². The average Bonchev–Trinajstić information content (AvgIpc) is 3.06. The van der Waals surface area contributed by atoms with Crippen LogP contribution in [-0.2, 0) is 26.1 Å². The highest BCUT2D eigenvalue weighted by Gasteiger charge is 2.26. The maximum Gasteiger partial charge on any atom is 0.243 e. The second-order valence-corrected chi connectivity index (χ2v) is 8.06. The molecule has 1 saturated heterocycles. The lowest BCUT2D eigenvalue weighted by atomic mass is 10.3. The quantitative estimate of drug-likeness (QED) is 0.816. The van der Waals surface area contributed by atoms with Gasteiger partial charge in [-0.3, -0.25) is 9.48 Å². The average molecular weight is 378 g/mol. The van der Waals surface area contributed by atoms with Crippen LogP contribution in [0.5, 0.6) is 0 Å². The summed E-state index contributed by atoms with van der Waals surface area (Å²) in [6.07, 6.45) is 3.90. The van der Waals surface area contributed by atoms with Crippen LogP contribution in [0.1, 0.15) is 12.0 Å². The van der Waals surface area contributed by atoms with Gasteiger partial charge >= 0.3 is 0 Å². The van der Waals surface area contributed by atoms with Crippen LogP contribution in [0.25, 0.3) is 0 Å². The second kappa shape index (κ2) is 7.98. The Morgan fingerprint density at radius 2 is 1.92 bits per heavy atom. The minimum atomic E-state index is -3.52. The Labute approximate surface area is 152 Å². The molecule has 1 fully saturated rings. The highest BCUT2D eigenvalue weighted by molar-refractivity contribution is 7.89. The molecule has 1 amide bonds. The van der Waals surface area contributed by atoms with Crippen molar-refractivity contribution >= 4 is 21.6 Å². The van der Waals surface area contributed by atoms with Crippen molar-refractivity contribution in [2.75, 3.05) is 31.6 Å². The van der Waals surface area contributed by atoms with Crippen molar-refractivity contribution in [3.8, 4) is 0 Å². The molecule has 0 atom stereocenters. The SMILES string of the molecule is Cc1cnn(CCC(=O)Nc2ccc(S(=O)(=O)N3CCOCC3)cc2)c1. The van der Waals surface area contributed by atoms with Crippen molar-refractivity contribution in [1.82, 2.24) is 14.1 Å². The van der Waals surface area contributed by atoms with Crippen LogP contribution in [0.4, 0.5) is 5.69 Å². The van der Waals surface area contributed by atoms with Crippen molar-refractivity contribution in [2.45, 2.75) is 24.8 Å². The predicted molar refractivity (Wildman–Crippen MR) is 96.2 cm³/mol. The fourth-order valence-corrected chi connectivity index (χ4v) is 4.08. The first-order chi connectivity index (χ1) is 12.4. The monoisotopic (exact) mass is 378 g/mol. The molecule has 8 nitrogen and oxygen atoms in total. The normalized spacial score (nSPS) is 15.7. The molecule has 0 saturated carbocycles. The van der Waals surface area contributed by atoms with E-state index >= 15 is 0 Å². The summed E-state index contributed by atoms with van der Waals surface area (Å²) in [5.41, 5.74) is 1.61. The Kier molecular flexibility index (Phi) is 5.70. The van der Waals surface area contributed by atoms with Gasteiger partial charge in [0.05, 0.1) is 24.3 Å². The molecule has 1 aromatic heterocycles. The predicted octanol–water partition coefficient (Wildman–Crippen LogP) is 1.24. The van der Waals surface area contributed by atoms with Crippen molar-refractivity contribution in [3.05, 3.63) is 42.2 Å². The highest BCUT2D eigenvalue weighted by Crippen LogP contribution is 2.19. The summed E-state index contributed by atoms with van der Waals surface area (Å²) < 4.78 is 33.4. The molecule has 2 heterocycles. The number of hydrogen-bond acceptors (Lipinski definition) is 5. The largest absolute Gasteiger partial charge is 0.379 e. The van der Waals surface area contributed by atoms with Gasteiger partial charge in [0, 0.05) is 37.9 Å². The molecule has 1 aliphatic rings. The molecule has 0 radical (unpaired) electrons. The van der Waals surface area contributed by atoms with E-state index in [9.17, 15) is 13.2 Å². The van der Waals surface area contributed by atoms with Crippen LogP contribution < -0.4 is 5.32 Å². The Morgan fingerprint density at radius 3 is 2.54 bits per heavy atom. The maximum atomic E-state index is 12.6. The zero-order valence-electron chi connectivity index (χ0n) is 14.6. The van der Waals surface area contributed by atoms with Crippen LogP contribution in [0, 0.1) is 6.92 Å². The number of nitrogens with one attached hydrogen (secondary N) is 1. The van der Waals surface area contributed by atoms with E-state index in [-0.39, 0.29) is 17.2 Å². The van der Waals surface area contributed by atoms with Crippen LogP contribution >= 0.6 is 0 Å². The van der Waals surface area contributed by atoms with Gasteiger partial charge in [0.2, 0.25) is 15.9 Å². The Balaban J connectivity index is 1.57. The lowest BCUT2D eigenvalue weighted by Gasteiger charge is -2.26. The first-order valence-electron chi connectivity index (χ1n) is 8.42. The molecule has 26 heavy (non-hydrogen) atoms. The molecule has 3 rings (SSSR count). The number of ether oxygens (including phenoxy) is 1. The number of aromatic nitrogens is 2. The third kappa shape index (κ3) is 4.48. The first kappa shape index (κ1) is 18.6. The van der Waals surface area contributed by atoms with E-state index in [1.165, 1.54) is 16.4 Å². The minimum absolute atomic E-state index is 0.151. The number of amides is 1. The van der Waals surface area contributed by atoms with Gasteiger partial charge < -0.3 is 10.1 Å². The number of anilines is 1. The number of morpholine rings is 1. The summed E-state index contributed by atoms with van der Waals surface area (Å²) in [4.78, 5) is 12.2. The maximum absolute atomic E-state index is 12.6. The van der Waals surface area contributed by atoms with Crippen molar-refractivity contribution in [1.29, 1.82) is 0 Å². The molecule has 1 N–H and O–H groups in total. The summed E-state index contributed by atoms with van der Waals surface area (Å²) in [6.45, 7) is 3.95. The molecule has 1 aliphatic heterocycles. The molecule has 0 spiro atoms. The molecule has 2 aromatic rings. The molecule has 0 aliphatic carbocycles. The first-order valence-corrected chi connectivity index (χ1v) is 9.86. The summed E-state index contributed by atoms with van der Waals surface area (Å²) >= 11 is 0. The zero-order chi connectivity index (χ0) is 18.6. The van der Waals surface area contributed by atoms with E-state index in [2.05, 4.69) is 10.4 Å². The number of sulfonamides is 1. The lowest BCUT2D eigenvalue weighted by molar-refractivity contribution is -0.116. The standard InChI is InChI=1S/C17H22N4O4S/c1-14-12-18-20(13-14)7-6-17(22)19-15-2-4-16(5-3-15)26(23,24)21-8-10-25-11-9-21/h2-5,12-13H,6-11H2,1H3,(H,19,22). The fraction of sp³-hybridized carbons (Fsp3) is 0.412. The van der Waals surface area contributed by atoms with Gasteiger partial charge in [0.25, 0.3) is 0 Å². The van der Waals surface area contributed by atoms with Gasteiger partial charge in [-0.05, 0) is 36.8 Å². The van der Waals surface area contributed by atoms with E-state index in [0.29, 0.717) is 38.5 Å². The molecule has 0 unspecified atom stereocenters.